The van der Waals surface area contributed by atoms with Crippen LogP contribution < -0.4 is 0 Å². The normalized spacial score (nSPS) is 34.7. The van der Waals surface area contributed by atoms with Gasteiger partial charge < -0.3 is 9.47 Å². The van der Waals surface area contributed by atoms with E-state index in [9.17, 15) is 0 Å². The van der Waals surface area contributed by atoms with E-state index in [0.29, 0.717) is 0 Å². The average Bonchev–Trinajstić information content (AvgIpc) is 2.88. The Labute approximate surface area is 120 Å². The Bertz CT molecular complexity index is 242. The highest BCUT2D eigenvalue weighted by molar-refractivity contribution is 8.00. The number of rotatable bonds is 4. The van der Waals surface area contributed by atoms with Crippen LogP contribution in [0, 0.1) is 0 Å². The summed E-state index contributed by atoms with van der Waals surface area (Å²) in [5, 5.41) is 1.70. The van der Waals surface area contributed by atoms with E-state index in [1.165, 1.54) is 25.9 Å². The summed E-state index contributed by atoms with van der Waals surface area (Å²) in [6.07, 6.45) is 2.80. The molecule has 0 spiro atoms. The second-order valence-electron chi connectivity index (χ2n) is 5.78. The maximum absolute atomic E-state index is 5.42. The van der Waals surface area contributed by atoms with Gasteiger partial charge in [-0.1, -0.05) is 0 Å². The lowest BCUT2D eigenvalue weighted by molar-refractivity contribution is 0.0375. The SMILES string of the molecule is C1CN(C[C@H]2CC[C@@H](CN3CCOCC3)S2)CCO1. The van der Waals surface area contributed by atoms with Crippen LogP contribution in [-0.2, 0) is 9.47 Å². The van der Waals surface area contributed by atoms with Gasteiger partial charge in [0.2, 0.25) is 0 Å². The highest BCUT2D eigenvalue weighted by Gasteiger charge is 2.29. The molecule has 0 aromatic rings. The Morgan fingerprint density at radius 3 is 1.58 bits per heavy atom. The summed E-state index contributed by atoms with van der Waals surface area (Å²) in [5.74, 6) is 0. The molecule has 3 fully saturated rings. The molecule has 0 bridgehead atoms. The van der Waals surface area contributed by atoms with E-state index in [4.69, 9.17) is 9.47 Å². The molecule has 3 rings (SSSR count). The number of ether oxygens (including phenoxy) is 2. The zero-order chi connectivity index (χ0) is 12.9. The number of thioether (sulfide) groups is 1. The number of morpholine rings is 2. The molecule has 0 aromatic carbocycles. The summed E-state index contributed by atoms with van der Waals surface area (Å²) in [6.45, 7) is 10.8. The fraction of sp³-hybridized carbons (Fsp3) is 1.00. The van der Waals surface area contributed by atoms with E-state index in [0.717, 1.165) is 63.1 Å². The van der Waals surface area contributed by atoms with Crippen LogP contribution in [0.3, 0.4) is 0 Å². The molecule has 0 aliphatic carbocycles. The second kappa shape index (κ2) is 7.27. The van der Waals surface area contributed by atoms with E-state index in [-0.39, 0.29) is 0 Å². The van der Waals surface area contributed by atoms with Gasteiger partial charge in [-0.2, -0.15) is 11.8 Å². The molecule has 110 valence electrons. The van der Waals surface area contributed by atoms with Crippen molar-refractivity contribution in [3.8, 4) is 0 Å². The Morgan fingerprint density at radius 1 is 0.737 bits per heavy atom. The zero-order valence-corrected chi connectivity index (χ0v) is 12.6. The fourth-order valence-electron chi connectivity index (χ4n) is 3.19. The Hall–Kier alpha value is 0.190. The monoisotopic (exact) mass is 286 g/mol. The quantitative estimate of drug-likeness (QED) is 0.765. The van der Waals surface area contributed by atoms with Gasteiger partial charge in [0.15, 0.2) is 0 Å². The summed E-state index contributed by atoms with van der Waals surface area (Å²) < 4.78 is 10.8. The number of hydrogen-bond donors (Lipinski definition) is 0. The summed E-state index contributed by atoms with van der Waals surface area (Å²) in [4.78, 5) is 5.16. The summed E-state index contributed by atoms with van der Waals surface area (Å²) in [6, 6.07) is 0. The van der Waals surface area contributed by atoms with Crippen molar-refractivity contribution in [1.82, 2.24) is 9.80 Å². The minimum Gasteiger partial charge on any atom is -0.379 e. The maximum atomic E-state index is 5.42. The first-order chi connectivity index (χ1) is 9.40. The number of hydrogen-bond acceptors (Lipinski definition) is 5. The van der Waals surface area contributed by atoms with Gasteiger partial charge in [-0.05, 0) is 12.8 Å². The fourth-order valence-corrected chi connectivity index (χ4v) is 4.87. The van der Waals surface area contributed by atoms with Crippen LogP contribution in [0.15, 0.2) is 0 Å². The van der Waals surface area contributed by atoms with Gasteiger partial charge in [0.25, 0.3) is 0 Å². The molecule has 19 heavy (non-hydrogen) atoms. The largest absolute Gasteiger partial charge is 0.379 e. The lowest BCUT2D eigenvalue weighted by Crippen LogP contribution is -2.40. The van der Waals surface area contributed by atoms with Gasteiger partial charge in [0.05, 0.1) is 26.4 Å². The van der Waals surface area contributed by atoms with Crippen LogP contribution >= 0.6 is 11.8 Å². The van der Waals surface area contributed by atoms with Crippen LogP contribution in [0.5, 0.6) is 0 Å². The van der Waals surface area contributed by atoms with Crippen LogP contribution in [-0.4, -0.2) is 86.0 Å². The molecule has 5 heteroatoms. The molecule has 3 aliphatic heterocycles. The van der Waals surface area contributed by atoms with Crippen LogP contribution in [0.25, 0.3) is 0 Å². The first kappa shape index (κ1) is 14.1. The minimum atomic E-state index is 0.851. The van der Waals surface area contributed by atoms with Crippen LogP contribution in [0.1, 0.15) is 12.8 Å². The third kappa shape index (κ3) is 4.33. The average molecular weight is 286 g/mol. The van der Waals surface area contributed by atoms with E-state index in [1.54, 1.807) is 0 Å². The molecule has 0 saturated carbocycles. The first-order valence-electron chi connectivity index (χ1n) is 7.66. The molecule has 3 aliphatic rings. The minimum absolute atomic E-state index is 0.851. The number of nitrogens with zero attached hydrogens (tertiary/aromatic N) is 2. The molecule has 0 aromatic heterocycles. The van der Waals surface area contributed by atoms with Gasteiger partial charge in [-0.25, -0.2) is 0 Å². The van der Waals surface area contributed by atoms with Crippen molar-refractivity contribution >= 4 is 11.8 Å². The highest BCUT2D eigenvalue weighted by Crippen LogP contribution is 2.34. The third-order valence-electron chi connectivity index (χ3n) is 4.33. The molecule has 0 amide bonds. The van der Waals surface area contributed by atoms with E-state index < -0.39 is 0 Å². The molecular weight excluding hydrogens is 260 g/mol. The van der Waals surface area contributed by atoms with Crippen molar-refractivity contribution in [1.29, 1.82) is 0 Å². The molecule has 0 N–H and O–H groups in total. The van der Waals surface area contributed by atoms with Crippen molar-refractivity contribution in [2.24, 2.45) is 0 Å². The third-order valence-corrected chi connectivity index (χ3v) is 5.87. The van der Waals surface area contributed by atoms with Gasteiger partial charge in [0.1, 0.15) is 0 Å². The van der Waals surface area contributed by atoms with Gasteiger partial charge in [0, 0.05) is 49.8 Å². The maximum Gasteiger partial charge on any atom is 0.0594 e. The molecule has 2 atom stereocenters. The standard InChI is InChI=1S/C14H26N2O2S/c1-2-14(12-16-5-9-18-10-6-16)19-13(1)11-15-3-7-17-8-4-15/h13-14H,1-12H2/t13-,14+. The van der Waals surface area contributed by atoms with E-state index in [2.05, 4.69) is 21.6 Å². The molecule has 3 heterocycles. The lowest BCUT2D eigenvalue weighted by Gasteiger charge is -2.30. The van der Waals surface area contributed by atoms with Crippen molar-refractivity contribution in [3.63, 3.8) is 0 Å². The second-order valence-corrected chi connectivity index (χ2v) is 7.39. The Kier molecular flexibility index (Phi) is 5.41. The van der Waals surface area contributed by atoms with Crippen LogP contribution in [0.4, 0.5) is 0 Å². The predicted molar refractivity (Wildman–Crippen MR) is 78.9 cm³/mol. The first-order valence-corrected chi connectivity index (χ1v) is 8.60. The summed E-state index contributed by atoms with van der Waals surface area (Å²) in [5.41, 5.74) is 0. The highest BCUT2D eigenvalue weighted by atomic mass is 32.2. The van der Waals surface area contributed by atoms with E-state index >= 15 is 0 Å². The summed E-state index contributed by atoms with van der Waals surface area (Å²) >= 11 is 2.23. The topological polar surface area (TPSA) is 24.9 Å². The predicted octanol–water partition coefficient (Wildman–Crippen LogP) is 0.915. The van der Waals surface area contributed by atoms with Gasteiger partial charge in [-0.15, -0.1) is 0 Å². The van der Waals surface area contributed by atoms with Crippen LogP contribution in [0.2, 0.25) is 0 Å². The van der Waals surface area contributed by atoms with Gasteiger partial charge >= 0.3 is 0 Å². The molecule has 0 radical (unpaired) electrons. The van der Waals surface area contributed by atoms with Crippen molar-refractivity contribution in [2.75, 3.05) is 65.7 Å². The molecule has 3 saturated heterocycles. The smallest absolute Gasteiger partial charge is 0.0594 e. The molecule has 4 nitrogen and oxygen atoms in total. The summed E-state index contributed by atoms with van der Waals surface area (Å²) in [7, 11) is 0. The van der Waals surface area contributed by atoms with Crippen molar-refractivity contribution in [2.45, 2.75) is 23.3 Å². The van der Waals surface area contributed by atoms with E-state index in [1.807, 2.05) is 0 Å². The molecular formula is C14H26N2O2S. The van der Waals surface area contributed by atoms with Crippen molar-refractivity contribution in [3.05, 3.63) is 0 Å². The lowest BCUT2D eigenvalue weighted by atomic mass is 10.1. The zero-order valence-electron chi connectivity index (χ0n) is 11.8. The molecule has 0 unspecified atom stereocenters. The van der Waals surface area contributed by atoms with Gasteiger partial charge in [-0.3, -0.25) is 9.80 Å². The Balaban J connectivity index is 1.37. The Morgan fingerprint density at radius 2 is 1.16 bits per heavy atom. The van der Waals surface area contributed by atoms with Crippen molar-refractivity contribution < 1.29 is 9.47 Å².